The van der Waals surface area contributed by atoms with Crippen molar-refractivity contribution < 1.29 is 14.3 Å². The number of carbonyl (C=O) groups is 1. The van der Waals surface area contributed by atoms with Gasteiger partial charge >= 0.3 is 5.97 Å². The van der Waals surface area contributed by atoms with Crippen LogP contribution < -0.4 is 5.32 Å². The van der Waals surface area contributed by atoms with Crippen molar-refractivity contribution in [2.45, 2.75) is 53.1 Å². The highest BCUT2D eigenvalue weighted by atomic mass is 16.5. The summed E-state index contributed by atoms with van der Waals surface area (Å²) in [6, 6.07) is 0. The van der Waals surface area contributed by atoms with Gasteiger partial charge in [0, 0.05) is 13.1 Å². The van der Waals surface area contributed by atoms with Crippen molar-refractivity contribution in [3.8, 4) is 0 Å². The molecular formula is C14H29NO3. The molecule has 1 atom stereocenters. The minimum Gasteiger partial charge on any atom is -0.464 e. The Morgan fingerprint density at radius 1 is 1.06 bits per heavy atom. The molecule has 0 aromatic heterocycles. The van der Waals surface area contributed by atoms with Gasteiger partial charge in [0.05, 0.1) is 18.6 Å². The lowest BCUT2D eigenvalue weighted by Gasteiger charge is -2.13. The largest absolute Gasteiger partial charge is 0.464 e. The van der Waals surface area contributed by atoms with Crippen LogP contribution in [0.25, 0.3) is 0 Å². The Hall–Kier alpha value is -0.610. The molecule has 4 heteroatoms. The third kappa shape index (κ3) is 8.48. The number of esters is 1. The second-order valence-corrected chi connectivity index (χ2v) is 4.52. The zero-order valence-corrected chi connectivity index (χ0v) is 12.3. The molecule has 0 radical (unpaired) electrons. The first-order chi connectivity index (χ1) is 8.65. The Balaban J connectivity index is 3.37. The molecule has 4 nitrogen and oxygen atoms in total. The van der Waals surface area contributed by atoms with Gasteiger partial charge < -0.3 is 14.8 Å². The summed E-state index contributed by atoms with van der Waals surface area (Å²) in [6.45, 7) is 10.8. The molecule has 0 aliphatic carbocycles. The number of nitrogens with one attached hydrogen (secondary N) is 1. The molecule has 0 fully saturated rings. The Morgan fingerprint density at radius 3 is 2.22 bits per heavy atom. The summed E-state index contributed by atoms with van der Waals surface area (Å²) in [7, 11) is 0. The second kappa shape index (κ2) is 11.5. The Bertz CT molecular complexity index is 205. The lowest BCUT2D eigenvalue weighted by Crippen LogP contribution is -2.27. The quantitative estimate of drug-likeness (QED) is 0.457. The molecule has 0 rings (SSSR count). The standard InChI is InChI=1S/C14H29NO3/c1-5-12(4)17-10-8-15-9-11-18-14(16)13(6-2)7-3/h12-13,15H,5-11H2,1-4H3. The molecule has 18 heavy (non-hydrogen) atoms. The number of rotatable bonds is 11. The Morgan fingerprint density at radius 2 is 1.67 bits per heavy atom. The van der Waals surface area contributed by atoms with E-state index in [9.17, 15) is 4.79 Å². The summed E-state index contributed by atoms with van der Waals surface area (Å²) >= 11 is 0. The summed E-state index contributed by atoms with van der Waals surface area (Å²) in [5.41, 5.74) is 0. The summed E-state index contributed by atoms with van der Waals surface area (Å²) in [5.74, 6) is -0.0172. The van der Waals surface area contributed by atoms with E-state index in [1.165, 1.54) is 0 Å². The fourth-order valence-electron chi connectivity index (χ4n) is 1.54. The van der Waals surface area contributed by atoms with E-state index in [4.69, 9.17) is 9.47 Å². The minimum atomic E-state index is -0.0716. The van der Waals surface area contributed by atoms with Gasteiger partial charge in [0.1, 0.15) is 6.61 Å². The smallest absolute Gasteiger partial charge is 0.308 e. The predicted molar refractivity (Wildman–Crippen MR) is 73.6 cm³/mol. The fourth-order valence-corrected chi connectivity index (χ4v) is 1.54. The normalized spacial score (nSPS) is 12.7. The molecule has 0 aromatic carbocycles. The van der Waals surface area contributed by atoms with Gasteiger partial charge in [0.25, 0.3) is 0 Å². The van der Waals surface area contributed by atoms with Gasteiger partial charge in [-0.2, -0.15) is 0 Å². The highest BCUT2D eigenvalue weighted by Gasteiger charge is 2.14. The number of hydrogen-bond donors (Lipinski definition) is 1. The third-order valence-electron chi connectivity index (χ3n) is 3.10. The van der Waals surface area contributed by atoms with Crippen LogP contribution in [-0.4, -0.2) is 38.4 Å². The monoisotopic (exact) mass is 259 g/mol. The van der Waals surface area contributed by atoms with E-state index in [2.05, 4.69) is 19.2 Å². The zero-order chi connectivity index (χ0) is 13.8. The maximum Gasteiger partial charge on any atom is 0.308 e. The highest BCUT2D eigenvalue weighted by molar-refractivity contribution is 5.72. The summed E-state index contributed by atoms with van der Waals surface area (Å²) in [6.07, 6.45) is 3.06. The van der Waals surface area contributed by atoms with E-state index < -0.39 is 0 Å². The van der Waals surface area contributed by atoms with Gasteiger partial charge in [0.15, 0.2) is 0 Å². The van der Waals surface area contributed by atoms with Crippen LogP contribution in [-0.2, 0) is 14.3 Å². The number of carbonyl (C=O) groups excluding carboxylic acids is 1. The average Bonchev–Trinajstić information content (AvgIpc) is 2.38. The molecule has 1 N–H and O–H groups in total. The van der Waals surface area contributed by atoms with Crippen molar-refractivity contribution in [3.63, 3.8) is 0 Å². The molecular weight excluding hydrogens is 230 g/mol. The van der Waals surface area contributed by atoms with Gasteiger partial charge in [0.2, 0.25) is 0 Å². The van der Waals surface area contributed by atoms with Gasteiger partial charge in [-0.15, -0.1) is 0 Å². The van der Waals surface area contributed by atoms with E-state index in [1.54, 1.807) is 0 Å². The molecule has 0 aliphatic heterocycles. The van der Waals surface area contributed by atoms with E-state index in [0.29, 0.717) is 25.9 Å². The first-order valence-corrected chi connectivity index (χ1v) is 7.14. The van der Waals surface area contributed by atoms with Crippen molar-refractivity contribution in [1.29, 1.82) is 0 Å². The number of ether oxygens (including phenoxy) is 2. The van der Waals surface area contributed by atoms with E-state index in [1.807, 2.05) is 13.8 Å². The third-order valence-corrected chi connectivity index (χ3v) is 3.10. The van der Waals surface area contributed by atoms with Gasteiger partial charge in [-0.25, -0.2) is 0 Å². The minimum absolute atomic E-state index is 0.0544. The van der Waals surface area contributed by atoms with Crippen LogP contribution in [0.4, 0.5) is 0 Å². The van der Waals surface area contributed by atoms with Crippen LogP contribution in [0.3, 0.4) is 0 Å². The molecule has 108 valence electrons. The van der Waals surface area contributed by atoms with Crippen molar-refractivity contribution >= 4 is 5.97 Å². The zero-order valence-electron chi connectivity index (χ0n) is 12.3. The lowest BCUT2D eigenvalue weighted by atomic mass is 10.0. The molecule has 0 heterocycles. The molecule has 0 saturated carbocycles. The van der Waals surface area contributed by atoms with Crippen LogP contribution in [0, 0.1) is 5.92 Å². The summed E-state index contributed by atoms with van der Waals surface area (Å²) < 4.78 is 10.7. The van der Waals surface area contributed by atoms with Crippen molar-refractivity contribution in [1.82, 2.24) is 5.32 Å². The Labute approximate surface area is 111 Å². The van der Waals surface area contributed by atoms with Crippen LogP contribution in [0.15, 0.2) is 0 Å². The molecule has 0 amide bonds. The molecule has 0 aromatic rings. The van der Waals surface area contributed by atoms with Crippen molar-refractivity contribution in [2.75, 3.05) is 26.3 Å². The molecule has 0 aliphatic rings. The topological polar surface area (TPSA) is 47.6 Å². The maximum absolute atomic E-state index is 11.5. The van der Waals surface area contributed by atoms with E-state index in [-0.39, 0.29) is 11.9 Å². The fraction of sp³-hybridized carbons (Fsp3) is 0.929. The van der Waals surface area contributed by atoms with Gasteiger partial charge in [-0.05, 0) is 26.2 Å². The molecule has 0 bridgehead atoms. The van der Waals surface area contributed by atoms with Crippen molar-refractivity contribution in [2.24, 2.45) is 5.92 Å². The second-order valence-electron chi connectivity index (χ2n) is 4.52. The lowest BCUT2D eigenvalue weighted by molar-refractivity contribution is -0.148. The first kappa shape index (κ1) is 17.4. The molecule has 0 spiro atoms. The highest BCUT2D eigenvalue weighted by Crippen LogP contribution is 2.08. The SMILES string of the molecule is CCC(C)OCCNCCOC(=O)C(CC)CC. The van der Waals surface area contributed by atoms with E-state index >= 15 is 0 Å². The molecule has 1 unspecified atom stereocenters. The summed E-state index contributed by atoms with van der Waals surface area (Å²) in [4.78, 5) is 11.5. The van der Waals surface area contributed by atoms with Crippen molar-refractivity contribution in [3.05, 3.63) is 0 Å². The predicted octanol–water partition coefficient (Wildman–Crippen LogP) is 2.37. The average molecular weight is 259 g/mol. The maximum atomic E-state index is 11.5. The Kier molecular flexibility index (Phi) is 11.1. The first-order valence-electron chi connectivity index (χ1n) is 7.14. The molecule has 0 saturated heterocycles. The van der Waals surface area contributed by atoms with Crippen LogP contribution in [0.5, 0.6) is 0 Å². The van der Waals surface area contributed by atoms with Crippen LogP contribution >= 0.6 is 0 Å². The van der Waals surface area contributed by atoms with Crippen LogP contribution in [0.1, 0.15) is 47.0 Å². The van der Waals surface area contributed by atoms with Gasteiger partial charge in [-0.3, -0.25) is 4.79 Å². The number of hydrogen-bond acceptors (Lipinski definition) is 4. The summed E-state index contributed by atoms with van der Waals surface area (Å²) in [5, 5.41) is 3.19. The van der Waals surface area contributed by atoms with Gasteiger partial charge in [-0.1, -0.05) is 20.8 Å². The van der Waals surface area contributed by atoms with E-state index in [0.717, 1.165) is 25.8 Å². The van der Waals surface area contributed by atoms with Crippen LogP contribution in [0.2, 0.25) is 0 Å².